The van der Waals surface area contributed by atoms with Crippen molar-refractivity contribution in [3.63, 3.8) is 0 Å². The minimum atomic E-state index is -0.686. The molecule has 0 aliphatic carbocycles. The average Bonchev–Trinajstić information content (AvgIpc) is 2.82. The summed E-state index contributed by atoms with van der Waals surface area (Å²) in [4.78, 5) is 14.0. The molecule has 0 fully saturated rings. The molecule has 2 rings (SSSR count). The van der Waals surface area contributed by atoms with Gasteiger partial charge >= 0.3 is 0 Å². The summed E-state index contributed by atoms with van der Waals surface area (Å²) in [5.41, 5.74) is 4.69. The molecule has 0 saturated heterocycles. The van der Waals surface area contributed by atoms with Gasteiger partial charge in [-0.05, 0) is 0 Å². The van der Waals surface area contributed by atoms with Crippen molar-refractivity contribution in [2.75, 3.05) is 0 Å². The van der Waals surface area contributed by atoms with Crippen molar-refractivity contribution in [1.82, 2.24) is 14.8 Å². The lowest BCUT2D eigenvalue weighted by Gasteiger charge is -2.04. The number of oxime groups is 1. The van der Waals surface area contributed by atoms with Gasteiger partial charge in [0.05, 0.1) is 17.3 Å². The number of aryl methyl sites for hydroxylation is 1. The Labute approximate surface area is 112 Å². The first-order chi connectivity index (χ1) is 9.51. The number of ether oxygens (including phenoxy) is 1. The van der Waals surface area contributed by atoms with Crippen LogP contribution < -0.4 is 10.5 Å². The predicted octanol–water partition coefficient (Wildman–Crippen LogP) is 0.610. The molecular weight excluding hydrogens is 268 g/mol. The zero-order valence-corrected chi connectivity index (χ0v) is 10.3. The van der Waals surface area contributed by atoms with Crippen molar-refractivity contribution in [1.29, 1.82) is 0 Å². The molecule has 0 aromatic carbocycles. The van der Waals surface area contributed by atoms with Crippen LogP contribution in [0.15, 0.2) is 29.7 Å². The molecule has 10 nitrogen and oxygen atoms in total. The van der Waals surface area contributed by atoms with E-state index in [0.29, 0.717) is 5.75 Å². The fourth-order valence-electron chi connectivity index (χ4n) is 1.45. The van der Waals surface area contributed by atoms with Gasteiger partial charge in [-0.1, -0.05) is 5.16 Å². The molecule has 0 atom stereocenters. The van der Waals surface area contributed by atoms with Gasteiger partial charge in [-0.2, -0.15) is 5.10 Å². The number of pyridine rings is 1. The van der Waals surface area contributed by atoms with E-state index in [1.165, 1.54) is 16.9 Å². The van der Waals surface area contributed by atoms with Gasteiger partial charge in [0.15, 0.2) is 17.3 Å². The normalized spacial score (nSPS) is 11.3. The molecule has 0 radical (unpaired) electrons. The smallest absolute Gasteiger partial charge is 0.299 e. The molecule has 10 heteroatoms. The quantitative estimate of drug-likeness (QED) is 0.274. The lowest BCUT2D eigenvalue weighted by atomic mass is 10.3. The van der Waals surface area contributed by atoms with Crippen LogP contribution >= 0.6 is 0 Å². The second kappa shape index (κ2) is 5.22. The van der Waals surface area contributed by atoms with E-state index in [2.05, 4.69) is 15.2 Å². The van der Waals surface area contributed by atoms with Crippen LogP contribution in [0.2, 0.25) is 0 Å². The van der Waals surface area contributed by atoms with E-state index in [9.17, 15) is 10.1 Å². The highest BCUT2D eigenvalue weighted by atomic mass is 16.6. The largest absolute Gasteiger partial charge is 0.436 e. The van der Waals surface area contributed by atoms with Gasteiger partial charge in [0.2, 0.25) is 5.88 Å². The maximum Gasteiger partial charge on any atom is 0.299 e. The molecule has 0 amide bonds. The summed E-state index contributed by atoms with van der Waals surface area (Å²) < 4.78 is 6.88. The molecular formula is C10H10N6O4. The summed E-state index contributed by atoms with van der Waals surface area (Å²) in [7, 11) is 1.71. The van der Waals surface area contributed by atoms with Crippen LogP contribution in [0.5, 0.6) is 11.6 Å². The van der Waals surface area contributed by atoms with Crippen molar-refractivity contribution in [2.45, 2.75) is 0 Å². The van der Waals surface area contributed by atoms with Crippen LogP contribution in [-0.2, 0) is 7.05 Å². The molecule has 0 saturated carbocycles. The van der Waals surface area contributed by atoms with Crippen molar-refractivity contribution in [3.8, 4) is 11.6 Å². The number of nitrogens with two attached hydrogens (primary N) is 1. The van der Waals surface area contributed by atoms with E-state index in [1.807, 2.05) is 0 Å². The van der Waals surface area contributed by atoms with E-state index >= 15 is 0 Å². The third-order valence-electron chi connectivity index (χ3n) is 2.30. The topological polar surface area (TPSA) is 142 Å². The van der Waals surface area contributed by atoms with Crippen LogP contribution in [0.1, 0.15) is 5.69 Å². The minimum absolute atomic E-state index is 0.0604. The molecule has 0 unspecified atom stereocenters. The molecule has 2 aromatic heterocycles. The monoisotopic (exact) mass is 278 g/mol. The van der Waals surface area contributed by atoms with Crippen molar-refractivity contribution in [3.05, 3.63) is 40.3 Å². The van der Waals surface area contributed by atoms with Crippen LogP contribution in [0.4, 0.5) is 5.69 Å². The molecule has 0 spiro atoms. The third-order valence-corrected chi connectivity index (χ3v) is 2.30. The average molecular weight is 278 g/mol. The predicted molar refractivity (Wildman–Crippen MR) is 66.7 cm³/mol. The van der Waals surface area contributed by atoms with Gasteiger partial charge in [-0.3, -0.25) is 14.8 Å². The zero-order valence-electron chi connectivity index (χ0n) is 10.3. The molecule has 2 heterocycles. The van der Waals surface area contributed by atoms with Crippen LogP contribution in [0.25, 0.3) is 0 Å². The Morgan fingerprint density at radius 3 is 2.90 bits per heavy atom. The second-order valence-corrected chi connectivity index (χ2v) is 3.71. The number of hydrogen-bond donors (Lipinski definition) is 2. The Morgan fingerprint density at radius 2 is 2.35 bits per heavy atom. The van der Waals surface area contributed by atoms with Crippen molar-refractivity contribution < 1.29 is 14.9 Å². The SMILES string of the molecule is Cn1cc(Oc2ccc([N+](=O)[O-])c(/C(N)=N/O)n2)cn1. The highest BCUT2D eigenvalue weighted by molar-refractivity contribution is 5.98. The summed E-state index contributed by atoms with van der Waals surface area (Å²) in [6, 6.07) is 2.46. The Kier molecular flexibility index (Phi) is 3.46. The molecule has 20 heavy (non-hydrogen) atoms. The summed E-state index contributed by atoms with van der Waals surface area (Å²) >= 11 is 0. The number of hydrogen-bond acceptors (Lipinski definition) is 7. The molecule has 0 bridgehead atoms. The Hall–Kier alpha value is -3.17. The van der Waals surface area contributed by atoms with Gasteiger partial charge in [0, 0.05) is 19.2 Å². The summed E-state index contributed by atoms with van der Waals surface area (Å²) in [6.07, 6.45) is 3.04. The molecule has 104 valence electrons. The first-order valence-corrected chi connectivity index (χ1v) is 5.31. The van der Waals surface area contributed by atoms with E-state index in [0.717, 1.165) is 6.07 Å². The third kappa shape index (κ3) is 2.63. The number of rotatable bonds is 4. The van der Waals surface area contributed by atoms with Gasteiger partial charge in [0.25, 0.3) is 5.69 Å². The number of nitro groups is 1. The Bertz CT molecular complexity index is 680. The Balaban J connectivity index is 2.39. The van der Waals surface area contributed by atoms with Gasteiger partial charge in [-0.25, -0.2) is 4.98 Å². The van der Waals surface area contributed by atoms with E-state index < -0.39 is 10.8 Å². The maximum atomic E-state index is 10.8. The first-order valence-electron chi connectivity index (χ1n) is 5.31. The van der Waals surface area contributed by atoms with Gasteiger partial charge in [0.1, 0.15) is 0 Å². The number of nitrogens with zero attached hydrogens (tertiary/aromatic N) is 5. The number of amidine groups is 1. The standard InChI is InChI=1S/C10H10N6O4/c1-15-5-6(4-12-15)20-8-3-2-7(16(18)19)9(13-8)10(11)14-17/h2-5,17H,1H3,(H2,11,14). The minimum Gasteiger partial charge on any atom is -0.436 e. The van der Waals surface area contributed by atoms with Crippen LogP contribution in [0, 0.1) is 10.1 Å². The van der Waals surface area contributed by atoms with Crippen LogP contribution in [0.3, 0.4) is 0 Å². The zero-order chi connectivity index (χ0) is 14.7. The molecule has 0 aliphatic heterocycles. The Morgan fingerprint density at radius 1 is 1.60 bits per heavy atom. The van der Waals surface area contributed by atoms with Crippen molar-refractivity contribution >= 4 is 11.5 Å². The summed E-state index contributed by atoms with van der Waals surface area (Å²) in [5.74, 6) is -0.0159. The summed E-state index contributed by atoms with van der Waals surface area (Å²) in [6.45, 7) is 0. The molecule has 3 N–H and O–H groups in total. The van der Waals surface area contributed by atoms with E-state index in [4.69, 9.17) is 15.7 Å². The summed E-state index contributed by atoms with van der Waals surface area (Å²) in [5, 5.41) is 26.1. The van der Waals surface area contributed by atoms with E-state index in [1.54, 1.807) is 13.2 Å². The second-order valence-electron chi connectivity index (χ2n) is 3.71. The lowest BCUT2D eigenvalue weighted by molar-refractivity contribution is -0.385. The van der Waals surface area contributed by atoms with Crippen LogP contribution in [-0.4, -0.2) is 30.7 Å². The van der Waals surface area contributed by atoms with Gasteiger partial charge in [-0.15, -0.1) is 0 Å². The van der Waals surface area contributed by atoms with E-state index in [-0.39, 0.29) is 17.3 Å². The van der Waals surface area contributed by atoms with Crippen molar-refractivity contribution in [2.24, 2.45) is 17.9 Å². The lowest BCUT2D eigenvalue weighted by Crippen LogP contribution is -2.17. The fourth-order valence-corrected chi connectivity index (χ4v) is 1.45. The van der Waals surface area contributed by atoms with Gasteiger partial charge < -0.3 is 15.7 Å². The fraction of sp³-hybridized carbons (Fsp3) is 0.100. The molecule has 0 aliphatic rings. The highest BCUT2D eigenvalue weighted by Gasteiger charge is 2.20. The number of aromatic nitrogens is 3. The maximum absolute atomic E-state index is 10.8. The first kappa shape index (κ1) is 13.3. The highest BCUT2D eigenvalue weighted by Crippen LogP contribution is 2.23. The molecule has 2 aromatic rings.